The molecule has 6 heteroatoms. The molecule has 3 N–H and O–H groups in total. The average molecular weight is 371 g/mol. The molecule has 2 saturated heterocycles. The monoisotopic (exact) mass is 371 g/mol. The molecule has 0 aromatic heterocycles. The van der Waals surface area contributed by atoms with Crippen LogP contribution in [0.2, 0.25) is 0 Å². The summed E-state index contributed by atoms with van der Waals surface area (Å²) in [5, 5.41) is 12.5. The van der Waals surface area contributed by atoms with E-state index in [1.54, 1.807) is 5.48 Å². The Bertz CT molecular complexity index is 709. The van der Waals surface area contributed by atoms with Crippen molar-refractivity contribution in [2.75, 3.05) is 19.6 Å². The van der Waals surface area contributed by atoms with Gasteiger partial charge >= 0.3 is 0 Å². The summed E-state index contributed by atoms with van der Waals surface area (Å²) in [5.74, 6) is -0.951. The molecule has 2 heterocycles. The Kier molecular flexibility index (Phi) is 4.72. The molecule has 1 saturated carbocycles. The number of carbonyl (C=O) groups excluding carboxylic acids is 2. The molecule has 3 aliphatic rings. The van der Waals surface area contributed by atoms with Gasteiger partial charge in [0.05, 0.1) is 12.0 Å². The fourth-order valence-corrected chi connectivity index (χ4v) is 4.82. The van der Waals surface area contributed by atoms with Crippen molar-refractivity contribution in [3.05, 3.63) is 35.9 Å². The van der Waals surface area contributed by atoms with E-state index in [1.807, 2.05) is 11.0 Å². The van der Waals surface area contributed by atoms with Crippen LogP contribution in [0.1, 0.15) is 44.6 Å². The Morgan fingerprint density at radius 3 is 2.41 bits per heavy atom. The molecule has 2 aliphatic heterocycles. The second kappa shape index (κ2) is 6.91. The van der Waals surface area contributed by atoms with E-state index >= 15 is 0 Å². The first-order valence-corrected chi connectivity index (χ1v) is 9.98. The predicted octanol–water partition coefficient (Wildman–Crippen LogP) is 1.83. The number of carbonyl (C=O) groups is 2. The van der Waals surface area contributed by atoms with Crippen LogP contribution >= 0.6 is 0 Å². The van der Waals surface area contributed by atoms with Crippen LogP contribution in [0.5, 0.6) is 0 Å². The number of rotatable bonds is 3. The number of hydroxylamine groups is 1. The molecule has 3 fully saturated rings. The largest absolute Gasteiger partial charge is 0.341 e. The van der Waals surface area contributed by atoms with Gasteiger partial charge in [-0.1, -0.05) is 37.3 Å². The Morgan fingerprint density at radius 2 is 1.81 bits per heavy atom. The fourth-order valence-electron chi connectivity index (χ4n) is 4.82. The molecule has 1 spiro atoms. The maximum Gasteiger partial charge on any atom is 0.248 e. The maximum absolute atomic E-state index is 13.2. The van der Waals surface area contributed by atoms with Crippen molar-refractivity contribution in [1.29, 1.82) is 0 Å². The summed E-state index contributed by atoms with van der Waals surface area (Å²) in [7, 11) is 0. The van der Waals surface area contributed by atoms with Crippen LogP contribution in [0.4, 0.5) is 0 Å². The van der Waals surface area contributed by atoms with E-state index in [9.17, 15) is 9.59 Å². The van der Waals surface area contributed by atoms with Crippen LogP contribution in [0.3, 0.4) is 0 Å². The molecule has 146 valence electrons. The lowest BCUT2D eigenvalue weighted by Gasteiger charge is -2.43. The van der Waals surface area contributed by atoms with E-state index in [4.69, 9.17) is 5.21 Å². The van der Waals surface area contributed by atoms with Crippen LogP contribution in [0, 0.1) is 11.3 Å². The number of nitrogens with one attached hydrogen (secondary N) is 2. The highest BCUT2D eigenvalue weighted by molar-refractivity contribution is 5.90. The highest BCUT2D eigenvalue weighted by atomic mass is 16.5. The normalized spacial score (nSPS) is 28.6. The molecule has 0 bridgehead atoms. The van der Waals surface area contributed by atoms with Gasteiger partial charge in [-0.2, -0.15) is 0 Å². The van der Waals surface area contributed by atoms with Crippen LogP contribution < -0.4 is 10.8 Å². The van der Waals surface area contributed by atoms with Crippen molar-refractivity contribution >= 4 is 11.8 Å². The Labute approximate surface area is 160 Å². The predicted molar refractivity (Wildman–Crippen MR) is 101 cm³/mol. The number of piperidine rings is 2. The van der Waals surface area contributed by atoms with E-state index in [2.05, 4.69) is 36.5 Å². The minimum atomic E-state index is -0.538. The first kappa shape index (κ1) is 18.4. The van der Waals surface area contributed by atoms with Crippen molar-refractivity contribution < 1.29 is 14.8 Å². The van der Waals surface area contributed by atoms with Gasteiger partial charge in [0.2, 0.25) is 11.8 Å². The lowest BCUT2D eigenvalue weighted by Crippen LogP contribution is -2.60. The molecule has 4 rings (SSSR count). The summed E-state index contributed by atoms with van der Waals surface area (Å²) in [4.78, 5) is 27.3. The second-order valence-corrected chi connectivity index (χ2v) is 8.90. The molecule has 0 radical (unpaired) electrons. The molecule has 27 heavy (non-hydrogen) atoms. The molecular weight excluding hydrogens is 342 g/mol. The third-order valence-corrected chi connectivity index (χ3v) is 7.07. The van der Waals surface area contributed by atoms with E-state index in [1.165, 1.54) is 5.56 Å². The van der Waals surface area contributed by atoms with Crippen molar-refractivity contribution in [3.63, 3.8) is 0 Å². The zero-order valence-electron chi connectivity index (χ0n) is 15.9. The average Bonchev–Trinajstić information content (AvgIpc) is 3.46. The molecule has 1 aromatic carbocycles. The summed E-state index contributed by atoms with van der Waals surface area (Å²) in [6, 6.07) is 9.95. The van der Waals surface area contributed by atoms with Crippen molar-refractivity contribution in [3.8, 4) is 0 Å². The Morgan fingerprint density at radius 1 is 1.15 bits per heavy atom. The lowest BCUT2D eigenvalue weighted by atomic mass is 9.74. The van der Waals surface area contributed by atoms with Gasteiger partial charge < -0.3 is 10.2 Å². The zero-order valence-corrected chi connectivity index (χ0v) is 15.9. The van der Waals surface area contributed by atoms with Crippen LogP contribution in [-0.4, -0.2) is 47.6 Å². The van der Waals surface area contributed by atoms with Gasteiger partial charge in [0.15, 0.2) is 0 Å². The van der Waals surface area contributed by atoms with E-state index in [0.717, 1.165) is 32.2 Å². The summed E-state index contributed by atoms with van der Waals surface area (Å²) < 4.78 is 0. The summed E-state index contributed by atoms with van der Waals surface area (Å²) in [5.41, 5.74) is 3.33. The third kappa shape index (κ3) is 3.48. The number of hydrogen-bond donors (Lipinski definition) is 3. The number of benzene rings is 1. The van der Waals surface area contributed by atoms with Crippen LogP contribution in [0.25, 0.3) is 0 Å². The summed E-state index contributed by atoms with van der Waals surface area (Å²) in [6.07, 6.45) is 4.69. The summed E-state index contributed by atoms with van der Waals surface area (Å²) in [6.45, 7) is 4.44. The van der Waals surface area contributed by atoms with Crippen molar-refractivity contribution in [2.24, 2.45) is 11.3 Å². The minimum Gasteiger partial charge on any atom is -0.341 e. The molecule has 2 atom stereocenters. The Balaban J connectivity index is 1.43. The fraction of sp³-hybridized carbons (Fsp3) is 0.619. The lowest BCUT2D eigenvalue weighted by molar-refractivity contribution is -0.145. The minimum absolute atomic E-state index is 0.00536. The van der Waals surface area contributed by atoms with Crippen LogP contribution in [0.15, 0.2) is 30.3 Å². The standard InChI is InChI=1S/C21H29N3O3/c1-20(15-5-3-2-4-6-15)9-11-24(12-10-20)19(26)17-16(18(25)23-27)13-21(7-8-21)14-22-17/h2-6,16-17,22,27H,7-14H2,1H3,(H,23,25)/t16?,17-/m0/s1. The van der Waals surface area contributed by atoms with E-state index in [-0.39, 0.29) is 16.7 Å². The first-order valence-electron chi connectivity index (χ1n) is 9.98. The van der Waals surface area contributed by atoms with Gasteiger partial charge in [-0.3, -0.25) is 14.8 Å². The van der Waals surface area contributed by atoms with Gasteiger partial charge in [-0.15, -0.1) is 0 Å². The van der Waals surface area contributed by atoms with Gasteiger partial charge in [-0.05, 0) is 48.5 Å². The highest BCUT2D eigenvalue weighted by Crippen LogP contribution is 2.52. The number of hydrogen-bond acceptors (Lipinski definition) is 4. The molecule has 6 nitrogen and oxygen atoms in total. The number of likely N-dealkylation sites (tertiary alicyclic amines) is 1. The number of amides is 2. The summed E-state index contributed by atoms with van der Waals surface area (Å²) >= 11 is 0. The van der Waals surface area contributed by atoms with Crippen LogP contribution in [-0.2, 0) is 15.0 Å². The van der Waals surface area contributed by atoms with Crippen molar-refractivity contribution in [2.45, 2.75) is 50.5 Å². The zero-order chi connectivity index (χ0) is 19.1. The smallest absolute Gasteiger partial charge is 0.248 e. The van der Waals surface area contributed by atoms with Gasteiger partial charge in [0.1, 0.15) is 0 Å². The maximum atomic E-state index is 13.2. The highest BCUT2D eigenvalue weighted by Gasteiger charge is 2.53. The molecule has 1 aliphatic carbocycles. The molecular formula is C21H29N3O3. The Hall–Kier alpha value is -1.92. The quantitative estimate of drug-likeness (QED) is 0.559. The number of nitrogens with zero attached hydrogens (tertiary/aromatic N) is 1. The van der Waals surface area contributed by atoms with E-state index < -0.39 is 17.9 Å². The first-order chi connectivity index (χ1) is 13.0. The molecule has 1 unspecified atom stereocenters. The molecule has 2 amide bonds. The van der Waals surface area contributed by atoms with Gasteiger partial charge in [-0.25, -0.2) is 5.48 Å². The van der Waals surface area contributed by atoms with Gasteiger partial charge in [0.25, 0.3) is 0 Å². The molecule has 1 aromatic rings. The second-order valence-electron chi connectivity index (χ2n) is 8.90. The van der Waals surface area contributed by atoms with E-state index in [0.29, 0.717) is 19.5 Å². The topological polar surface area (TPSA) is 81.7 Å². The third-order valence-electron chi connectivity index (χ3n) is 7.07. The van der Waals surface area contributed by atoms with Gasteiger partial charge in [0, 0.05) is 19.6 Å². The van der Waals surface area contributed by atoms with Crippen molar-refractivity contribution in [1.82, 2.24) is 15.7 Å². The SMILES string of the molecule is CC1(c2ccccc2)CCN(C(=O)[C@H]2NCC3(CC3)CC2C(=O)NO)CC1.